The Balaban J connectivity index is 1.82. The number of fused-ring (bicyclic) bond motifs is 2. The number of aliphatic hydroxyl groups is 1. The standard InChI is InChI=1S/C21H23N3O4S/c1-14-5-4-7-16-17(22-20(26)13-25)11-19(23-21(14)16)24-9-10-29(27,28)18-8-3-2-6-15(18)12-24/h2-8,11,25,27-28H,9-10,12-13H2,1H3,(H,22,23,26). The van der Waals surface area contributed by atoms with Crippen molar-refractivity contribution in [3.63, 3.8) is 0 Å². The Morgan fingerprint density at radius 1 is 1.21 bits per heavy atom. The number of aromatic nitrogens is 1. The highest BCUT2D eigenvalue weighted by atomic mass is 32.3. The summed E-state index contributed by atoms with van der Waals surface area (Å²) in [6, 6.07) is 14.8. The van der Waals surface area contributed by atoms with Gasteiger partial charge in [0.15, 0.2) is 0 Å². The first-order chi connectivity index (χ1) is 13.9. The van der Waals surface area contributed by atoms with Crippen LogP contribution in [0.5, 0.6) is 0 Å². The van der Waals surface area contributed by atoms with Crippen molar-refractivity contribution in [2.24, 2.45) is 0 Å². The number of aryl methyl sites for hydroxylation is 1. The maximum absolute atomic E-state index is 11.8. The van der Waals surface area contributed by atoms with Gasteiger partial charge in [-0.15, -0.1) is 0 Å². The Morgan fingerprint density at radius 2 is 2.00 bits per heavy atom. The predicted molar refractivity (Wildman–Crippen MR) is 116 cm³/mol. The molecule has 1 aromatic heterocycles. The van der Waals surface area contributed by atoms with Crippen LogP contribution in [0, 0.1) is 6.92 Å². The van der Waals surface area contributed by atoms with Crippen molar-refractivity contribution in [3.05, 3.63) is 59.7 Å². The lowest BCUT2D eigenvalue weighted by Gasteiger charge is -2.32. The first kappa shape index (κ1) is 19.7. The molecule has 8 heteroatoms. The van der Waals surface area contributed by atoms with Crippen LogP contribution in [-0.2, 0) is 11.3 Å². The zero-order valence-corrected chi connectivity index (χ0v) is 16.8. The summed E-state index contributed by atoms with van der Waals surface area (Å²) < 4.78 is 21.2. The summed E-state index contributed by atoms with van der Waals surface area (Å²) >= 11 is 0. The molecule has 1 amide bonds. The van der Waals surface area contributed by atoms with Gasteiger partial charge in [-0.1, -0.05) is 36.4 Å². The molecule has 1 aliphatic rings. The quantitative estimate of drug-likeness (QED) is 0.523. The van der Waals surface area contributed by atoms with Gasteiger partial charge in [-0.3, -0.25) is 13.9 Å². The summed E-state index contributed by atoms with van der Waals surface area (Å²) in [5.74, 6) is 0.336. The second-order valence-corrected chi connectivity index (χ2v) is 9.29. The fraction of sp³-hybridized carbons (Fsp3) is 0.238. The molecule has 2 heterocycles. The lowest BCUT2D eigenvalue weighted by atomic mass is 10.1. The molecule has 0 saturated heterocycles. The van der Waals surface area contributed by atoms with E-state index in [4.69, 9.17) is 10.1 Å². The number of para-hydroxylation sites is 1. The summed E-state index contributed by atoms with van der Waals surface area (Å²) in [6.45, 7) is 2.23. The van der Waals surface area contributed by atoms with Crippen molar-refractivity contribution in [3.8, 4) is 0 Å². The second kappa shape index (κ2) is 7.64. The van der Waals surface area contributed by atoms with Gasteiger partial charge >= 0.3 is 0 Å². The molecule has 7 nitrogen and oxygen atoms in total. The number of nitrogens with one attached hydrogen (secondary N) is 1. The maximum Gasteiger partial charge on any atom is 0.250 e. The number of aliphatic hydroxyl groups excluding tert-OH is 1. The van der Waals surface area contributed by atoms with Gasteiger partial charge in [0.1, 0.15) is 12.4 Å². The van der Waals surface area contributed by atoms with Gasteiger partial charge in [0, 0.05) is 24.5 Å². The van der Waals surface area contributed by atoms with Crippen molar-refractivity contribution >= 4 is 38.9 Å². The van der Waals surface area contributed by atoms with E-state index < -0.39 is 23.1 Å². The fourth-order valence-corrected chi connectivity index (χ4v) is 5.16. The lowest BCUT2D eigenvalue weighted by Crippen LogP contribution is -2.26. The first-order valence-corrected chi connectivity index (χ1v) is 11.0. The van der Waals surface area contributed by atoms with Crippen molar-refractivity contribution in [1.29, 1.82) is 0 Å². The molecule has 0 fully saturated rings. The number of anilines is 2. The number of benzene rings is 2. The van der Waals surface area contributed by atoms with E-state index in [1.807, 2.05) is 48.2 Å². The van der Waals surface area contributed by atoms with E-state index in [0.29, 0.717) is 29.5 Å². The highest BCUT2D eigenvalue weighted by Crippen LogP contribution is 2.51. The number of carbonyl (C=O) groups is 1. The Morgan fingerprint density at radius 3 is 2.79 bits per heavy atom. The zero-order valence-electron chi connectivity index (χ0n) is 16.0. The van der Waals surface area contributed by atoms with E-state index in [1.54, 1.807) is 12.1 Å². The fourth-order valence-electron chi connectivity index (χ4n) is 3.61. The van der Waals surface area contributed by atoms with Crippen molar-refractivity contribution in [2.75, 3.05) is 29.1 Å². The Labute approximate surface area is 170 Å². The van der Waals surface area contributed by atoms with Crippen LogP contribution in [0.3, 0.4) is 0 Å². The molecule has 0 radical (unpaired) electrons. The van der Waals surface area contributed by atoms with Gasteiger partial charge in [-0.05, 0) is 24.1 Å². The van der Waals surface area contributed by atoms with Gasteiger partial charge < -0.3 is 15.3 Å². The van der Waals surface area contributed by atoms with Crippen molar-refractivity contribution in [1.82, 2.24) is 4.98 Å². The van der Waals surface area contributed by atoms with Crippen LogP contribution < -0.4 is 10.2 Å². The molecule has 0 saturated carbocycles. The summed E-state index contributed by atoms with van der Waals surface area (Å²) in [6.07, 6.45) is 0. The van der Waals surface area contributed by atoms with Crippen LogP contribution in [0.4, 0.5) is 11.5 Å². The van der Waals surface area contributed by atoms with E-state index in [2.05, 4.69) is 5.32 Å². The molecule has 4 N–H and O–H groups in total. The predicted octanol–water partition coefficient (Wildman–Crippen LogP) is 3.60. The monoisotopic (exact) mass is 413 g/mol. The molecule has 1 aliphatic heterocycles. The lowest BCUT2D eigenvalue weighted by molar-refractivity contribution is -0.118. The minimum Gasteiger partial charge on any atom is -0.387 e. The minimum atomic E-state index is -2.88. The van der Waals surface area contributed by atoms with E-state index in [0.717, 1.165) is 22.0 Å². The van der Waals surface area contributed by atoms with E-state index in [-0.39, 0.29) is 5.75 Å². The smallest absolute Gasteiger partial charge is 0.250 e. The van der Waals surface area contributed by atoms with Gasteiger partial charge in [0.2, 0.25) is 5.91 Å². The van der Waals surface area contributed by atoms with E-state index in [9.17, 15) is 13.9 Å². The topological polar surface area (TPSA) is 106 Å². The molecule has 152 valence electrons. The normalized spacial score (nSPS) is 16.8. The number of carbonyl (C=O) groups excluding carboxylic acids is 1. The highest BCUT2D eigenvalue weighted by Gasteiger charge is 2.26. The van der Waals surface area contributed by atoms with Gasteiger partial charge in [0.25, 0.3) is 0 Å². The molecule has 29 heavy (non-hydrogen) atoms. The largest absolute Gasteiger partial charge is 0.387 e. The molecular formula is C21H23N3O4S. The number of rotatable bonds is 3. The van der Waals surface area contributed by atoms with Crippen LogP contribution >= 0.6 is 10.6 Å². The zero-order chi connectivity index (χ0) is 20.6. The average molecular weight is 413 g/mol. The first-order valence-electron chi connectivity index (χ1n) is 9.29. The van der Waals surface area contributed by atoms with Gasteiger partial charge in [-0.2, -0.15) is 10.6 Å². The summed E-state index contributed by atoms with van der Waals surface area (Å²) in [5, 5.41) is 12.7. The third-order valence-corrected chi connectivity index (χ3v) is 6.96. The molecule has 0 bridgehead atoms. The number of pyridine rings is 1. The van der Waals surface area contributed by atoms with Crippen LogP contribution in [0.2, 0.25) is 0 Å². The molecule has 4 rings (SSSR count). The molecule has 2 aromatic carbocycles. The van der Waals surface area contributed by atoms with Gasteiger partial charge in [0.05, 0.1) is 21.9 Å². The van der Waals surface area contributed by atoms with Crippen LogP contribution in [0.15, 0.2) is 53.4 Å². The number of amides is 1. The Kier molecular flexibility index (Phi) is 5.18. The number of nitrogens with zero attached hydrogens (tertiary/aromatic N) is 2. The number of hydrogen-bond donors (Lipinski definition) is 4. The molecule has 0 unspecified atom stereocenters. The third kappa shape index (κ3) is 3.79. The molecule has 0 spiro atoms. The Bertz CT molecular complexity index is 1090. The molecule has 0 aliphatic carbocycles. The SMILES string of the molecule is Cc1cccc2c(NC(=O)CO)cc(N3CCS(O)(O)c4ccccc4C3)nc12. The van der Waals surface area contributed by atoms with E-state index in [1.165, 1.54) is 0 Å². The van der Waals surface area contributed by atoms with Crippen LogP contribution in [0.25, 0.3) is 10.9 Å². The number of hydrogen-bond acceptors (Lipinski definition) is 6. The highest BCUT2D eigenvalue weighted by molar-refractivity contribution is 8.24. The summed E-state index contributed by atoms with van der Waals surface area (Å²) in [4.78, 5) is 19.2. The third-order valence-electron chi connectivity index (χ3n) is 5.10. The molecular weight excluding hydrogens is 390 g/mol. The van der Waals surface area contributed by atoms with Crippen molar-refractivity contribution < 1.29 is 19.0 Å². The van der Waals surface area contributed by atoms with Gasteiger partial charge in [-0.25, -0.2) is 4.98 Å². The van der Waals surface area contributed by atoms with Crippen LogP contribution in [0.1, 0.15) is 11.1 Å². The van der Waals surface area contributed by atoms with Crippen molar-refractivity contribution in [2.45, 2.75) is 18.4 Å². The second-order valence-electron chi connectivity index (χ2n) is 7.11. The minimum absolute atomic E-state index is 0.204. The Hall–Kier alpha value is -2.65. The maximum atomic E-state index is 11.8. The van der Waals surface area contributed by atoms with E-state index >= 15 is 0 Å². The molecule has 3 aromatic rings. The average Bonchev–Trinajstić information content (AvgIpc) is 2.84. The summed E-state index contributed by atoms with van der Waals surface area (Å²) in [7, 11) is -2.88. The van der Waals surface area contributed by atoms with Crippen LogP contribution in [-0.4, -0.2) is 44.0 Å². The summed E-state index contributed by atoms with van der Waals surface area (Å²) in [5.41, 5.74) is 3.13. The molecule has 0 atom stereocenters.